The van der Waals surface area contributed by atoms with Crippen molar-refractivity contribution in [1.82, 2.24) is 21.3 Å². The maximum atomic E-state index is 13.6. The van der Waals surface area contributed by atoms with Crippen LogP contribution in [0.1, 0.15) is 71.8 Å². The Kier molecular flexibility index (Phi) is 18.2. The molecule has 0 aliphatic carbocycles. The first-order valence-electron chi connectivity index (χ1n) is 16.1. The fourth-order valence-electron chi connectivity index (χ4n) is 4.73. The van der Waals surface area contributed by atoms with Crippen LogP contribution in [-0.2, 0) is 35.2 Å². The first-order valence-corrected chi connectivity index (χ1v) is 16.1. The highest BCUT2D eigenvalue weighted by Gasteiger charge is 2.33. The van der Waals surface area contributed by atoms with Gasteiger partial charge in [0, 0.05) is 13.0 Å². The van der Waals surface area contributed by atoms with E-state index in [1.54, 1.807) is 20.8 Å². The Balaban J connectivity index is 3.22. The van der Waals surface area contributed by atoms with Crippen LogP contribution >= 0.6 is 0 Å². The monoisotopic (exact) mass is 676 g/mol. The first kappa shape index (κ1) is 41.3. The Labute approximate surface area is 281 Å². The van der Waals surface area contributed by atoms with Crippen LogP contribution < -0.4 is 38.5 Å². The van der Waals surface area contributed by atoms with Crippen LogP contribution in [0.4, 0.5) is 0 Å². The van der Waals surface area contributed by atoms with Gasteiger partial charge < -0.3 is 48.7 Å². The number of aliphatic carboxylic acids is 2. The van der Waals surface area contributed by atoms with Gasteiger partial charge in [-0.05, 0) is 49.5 Å². The van der Waals surface area contributed by atoms with E-state index in [0.717, 1.165) is 5.56 Å². The number of nitrogens with zero attached hydrogens (tertiary/aromatic N) is 1. The van der Waals surface area contributed by atoms with Crippen molar-refractivity contribution < 1.29 is 39.0 Å². The van der Waals surface area contributed by atoms with Gasteiger partial charge in [0.15, 0.2) is 5.96 Å². The van der Waals surface area contributed by atoms with Crippen molar-refractivity contribution in [2.24, 2.45) is 34.0 Å². The average Bonchev–Trinajstić information content (AvgIpc) is 3.02. The summed E-state index contributed by atoms with van der Waals surface area (Å²) in [4.78, 5) is 80.5. The summed E-state index contributed by atoms with van der Waals surface area (Å²) in [6, 6.07) is 3.08. The molecule has 4 amide bonds. The minimum absolute atomic E-state index is 0.00712. The first-order chi connectivity index (χ1) is 22.5. The van der Waals surface area contributed by atoms with Crippen molar-refractivity contribution in [3.05, 3.63) is 35.9 Å². The molecule has 0 radical (unpaired) electrons. The summed E-state index contributed by atoms with van der Waals surface area (Å²) in [5.74, 6) is -6.12. The molecule has 0 unspecified atom stereocenters. The summed E-state index contributed by atoms with van der Waals surface area (Å²) in [6.07, 6.45) is 0.189. The van der Waals surface area contributed by atoms with Crippen molar-refractivity contribution >= 4 is 41.5 Å². The van der Waals surface area contributed by atoms with Gasteiger partial charge in [-0.25, -0.2) is 4.79 Å². The molecule has 0 saturated carbocycles. The van der Waals surface area contributed by atoms with Crippen LogP contribution in [0.2, 0.25) is 0 Å². The number of hydrogen-bond donors (Lipinski definition) is 9. The second kappa shape index (κ2) is 21.2. The third kappa shape index (κ3) is 15.7. The Morgan fingerprint density at radius 3 is 1.88 bits per heavy atom. The van der Waals surface area contributed by atoms with Gasteiger partial charge in [-0.1, -0.05) is 64.4 Å². The molecular formula is C32H52N8O8. The van der Waals surface area contributed by atoms with Crippen LogP contribution in [-0.4, -0.2) is 88.5 Å². The Morgan fingerprint density at radius 2 is 1.35 bits per heavy atom. The molecule has 0 aliphatic rings. The van der Waals surface area contributed by atoms with E-state index in [1.807, 2.05) is 37.3 Å². The zero-order chi connectivity index (χ0) is 36.4. The topological polar surface area (TPSA) is 281 Å². The molecule has 0 bridgehead atoms. The van der Waals surface area contributed by atoms with Gasteiger partial charge in [-0.3, -0.25) is 29.0 Å². The number of carboxylic acid groups (broad SMARTS) is 2. The minimum Gasteiger partial charge on any atom is -0.481 e. The molecular weight excluding hydrogens is 624 g/mol. The SMILES string of the molecule is CC[C@H](C)[C@H](NC(=O)[C@@H](N)Cc1ccccc1)C(=O)N[C@@H](CCC(=O)O)C(=O)N[C@@H](CCCN=C(N)N)C(=O)N[C@@H](CC(C)C)C(=O)O. The fourth-order valence-corrected chi connectivity index (χ4v) is 4.73. The predicted molar refractivity (Wildman–Crippen MR) is 179 cm³/mol. The number of nitrogens with one attached hydrogen (secondary N) is 4. The highest BCUT2D eigenvalue weighted by Crippen LogP contribution is 2.12. The third-order valence-electron chi connectivity index (χ3n) is 7.61. The standard InChI is InChI=1S/C32H52N8O8/c1-5-19(4)26(40-27(43)21(33)17-20-10-7-6-8-11-20)30(46)38-23(13-14-25(41)42)29(45)37-22(12-9-15-36-32(34)35)28(44)39-24(31(47)48)16-18(2)3/h6-8,10-11,18-19,21-24,26H,5,9,12-17,33H2,1-4H3,(H,37,45)(H,38,46)(H,39,44)(H,40,43)(H,41,42)(H,47,48)(H4,34,35,36)/t19-,21-,22-,23-,24-,26-/m0/s1. The lowest BCUT2D eigenvalue weighted by atomic mass is 9.96. The highest BCUT2D eigenvalue weighted by molar-refractivity contribution is 5.95. The Bertz CT molecular complexity index is 1260. The van der Waals surface area contributed by atoms with Crippen LogP contribution in [0.5, 0.6) is 0 Å². The predicted octanol–water partition coefficient (Wildman–Crippen LogP) is -0.409. The molecule has 16 nitrogen and oxygen atoms in total. The van der Waals surface area contributed by atoms with Crippen molar-refractivity contribution in [3.8, 4) is 0 Å². The maximum absolute atomic E-state index is 13.6. The van der Waals surface area contributed by atoms with E-state index in [1.165, 1.54) is 0 Å². The molecule has 48 heavy (non-hydrogen) atoms. The summed E-state index contributed by atoms with van der Waals surface area (Å²) < 4.78 is 0. The lowest BCUT2D eigenvalue weighted by molar-refractivity contribution is -0.142. The number of benzene rings is 1. The highest BCUT2D eigenvalue weighted by atomic mass is 16.4. The molecule has 1 aromatic rings. The molecule has 0 heterocycles. The van der Waals surface area contributed by atoms with Gasteiger partial charge in [0.1, 0.15) is 24.2 Å². The van der Waals surface area contributed by atoms with Crippen molar-refractivity contribution in [2.45, 2.75) is 103 Å². The van der Waals surface area contributed by atoms with E-state index in [9.17, 15) is 39.0 Å². The second-order valence-electron chi connectivity index (χ2n) is 12.2. The molecule has 1 rings (SSSR count). The van der Waals surface area contributed by atoms with Gasteiger partial charge in [-0.2, -0.15) is 0 Å². The van der Waals surface area contributed by atoms with Crippen molar-refractivity contribution in [2.75, 3.05) is 6.54 Å². The number of nitrogens with two attached hydrogens (primary N) is 3. The fraction of sp³-hybridized carbons (Fsp3) is 0.594. The second-order valence-corrected chi connectivity index (χ2v) is 12.2. The largest absolute Gasteiger partial charge is 0.481 e. The zero-order valence-corrected chi connectivity index (χ0v) is 28.1. The van der Waals surface area contributed by atoms with Gasteiger partial charge in [-0.15, -0.1) is 0 Å². The third-order valence-corrected chi connectivity index (χ3v) is 7.61. The molecule has 268 valence electrons. The number of carbonyl (C=O) groups excluding carboxylic acids is 4. The lowest BCUT2D eigenvalue weighted by Gasteiger charge is -2.28. The van der Waals surface area contributed by atoms with E-state index in [2.05, 4.69) is 26.3 Å². The van der Waals surface area contributed by atoms with Gasteiger partial charge >= 0.3 is 11.9 Å². The molecule has 6 atom stereocenters. The molecule has 0 aliphatic heterocycles. The number of hydrogen-bond acceptors (Lipinski definition) is 8. The van der Waals surface area contributed by atoms with Crippen LogP contribution in [0, 0.1) is 11.8 Å². The molecule has 1 aromatic carbocycles. The summed E-state index contributed by atoms with van der Waals surface area (Å²) in [6.45, 7) is 7.23. The number of aliphatic imine (C=N–C) groups is 1. The van der Waals surface area contributed by atoms with Gasteiger partial charge in [0.05, 0.1) is 6.04 Å². The smallest absolute Gasteiger partial charge is 0.326 e. The molecule has 0 saturated heterocycles. The van der Waals surface area contributed by atoms with E-state index in [-0.39, 0.29) is 50.5 Å². The van der Waals surface area contributed by atoms with Crippen LogP contribution in [0.25, 0.3) is 0 Å². The molecule has 0 aromatic heterocycles. The Morgan fingerprint density at radius 1 is 0.792 bits per heavy atom. The summed E-state index contributed by atoms with van der Waals surface area (Å²) in [5.41, 5.74) is 17.7. The Hall–Kier alpha value is -4.73. The number of guanidine groups is 1. The number of amides is 4. The van der Waals surface area contributed by atoms with Crippen LogP contribution in [0.3, 0.4) is 0 Å². The van der Waals surface area contributed by atoms with Crippen molar-refractivity contribution in [1.29, 1.82) is 0 Å². The lowest BCUT2D eigenvalue weighted by Crippen LogP contribution is -2.59. The zero-order valence-electron chi connectivity index (χ0n) is 28.1. The molecule has 16 heteroatoms. The summed E-state index contributed by atoms with van der Waals surface area (Å²) in [7, 11) is 0. The van der Waals surface area contributed by atoms with E-state index in [0.29, 0.717) is 6.42 Å². The minimum atomic E-state index is -1.42. The van der Waals surface area contributed by atoms with Crippen molar-refractivity contribution in [3.63, 3.8) is 0 Å². The van der Waals surface area contributed by atoms with Gasteiger partial charge in [0.25, 0.3) is 0 Å². The quantitative estimate of drug-likeness (QED) is 0.0432. The molecule has 0 spiro atoms. The van der Waals surface area contributed by atoms with E-state index >= 15 is 0 Å². The van der Waals surface area contributed by atoms with Crippen LogP contribution in [0.15, 0.2) is 35.3 Å². The summed E-state index contributed by atoms with van der Waals surface area (Å²) in [5, 5.41) is 29.1. The molecule has 12 N–H and O–H groups in total. The van der Waals surface area contributed by atoms with E-state index < -0.39 is 78.1 Å². The molecule has 0 fully saturated rings. The number of carbonyl (C=O) groups is 6. The summed E-state index contributed by atoms with van der Waals surface area (Å²) >= 11 is 0. The normalized spacial score (nSPS) is 14.7. The van der Waals surface area contributed by atoms with E-state index in [4.69, 9.17) is 17.2 Å². The number of carboxylic acids is 2. The average molecular weight is 677 g/mol. The maximum Gasteiger partial charge on any atom is 0.326 e. The van der Waals surface area contributed by atoms with Gasteiger partial charge in [0.2, 0.25) is 23.6 Å². The number of rotatable bonds is 22.